The number of unbranched alkanes of at least 4 members (excludes halogenated alkanes) is 2. The van der Waals surface area contributed by atoms with Crippen molar-refractivity contribution in [1.82, 2.24) is 4.57 Å². The molecule has 4 aromatic rings. The minimum atomic E-state index is -0.948. The molecule has 3 aromatic carbocycles. The molecule has 1 amide bonds. The summed E-state index contributed by atoms with van der Waals surface area (Å²) in [6.45, 7) is 15.6. The molecular weight excluding hydrogens is 700 g/mol. The van der Waals surface area contributed by atoms with Gasteiger partial charge < -0.3 is 28.8 Å². The Morgan fingerprint density at radius 3 is 2.18 bits per heavy atom. The monoisotopic (exact) mass is 752 g/mol. The minimum Gasteiger partial charge on any atom is -0.466 e. The van der Waals surface area contributed by atoms with E-state index in [-0.39, 0.29) is 55.1 Å². The number of anilines is 1. The maximum absolute atomic E-state index is 14.4. The molecule has 9 nitrogen and oxygen atoms in total. The van der Waals surface area contributed by atoms with E-state index in [2.05, 4.69) is 37.6 Å². The number of para-hydroxylation sites is 1. The van der Waals surface area contributed by atoms with Crippen molar-refractivity contribution >= 4 is 23.5 Å². The van der Waals surface area contributed by atoms with Crippen LogP contribution in [0.4, 0.5) is 10.1 Å². The van der Waals surface area contributed by atoms with Gasteiger partial charge in [0.2, 0.25) is 0 Å². The molecular formula is C45H53FN2O7. The lowest BCUT2D eigenvalue weighted by Gasteiger charge is -2.40. The zero-order valence-electron chi connectivity index (χ0n) is 32.4. The number of esters is 2. The number of hydrogen-bond donors (Lipinski definition) is 1. The average molecular weight is 753 g/mol. The Balaban J connectivity index is 1.38. The molecule has 1 aliphatic rings. The molecule has 2 radical (unpaired) electrons. The number of nitrogens with zero attached hydrogens (tertiary/aromatic N) is 1. The van der Waals surface area contributed by atoms with Gasteiger partial charge in [0.15, 0.2) is 5.79 Å². The van der Waals surface area contributed by atoms with Gasteiger partial charge in [-0.15, -0.1) is 0 Å². The predicted octanol–water partition coefficient (Wildman–Crippen LogP) is 9.71. The molecule has 55 heavy (non-hydrogen) atoms. The van der Waals surface area contributed by atoms with Crippen LogP contribution in [0.15, 0.2) is 84.9 Å². The van der Waals surface area contributed by atoms with E-state index in [0.717, 1.165) is 28.1 Å². The molecule has 1 aliphatic heterocycles. The van der Waals surface area contributed by atoms with E-state index in [1.165, 1.54) is 12.1 Å². The second kappa shape index (κ2) is 19.2. The first-order chi connectivity index (χ1) is 26.3. The van der Waals surface area contributed by atoms with Gasteiger partial charge in [0.05, 0.1) is 36.5 Å². The van der Waals surface area contributed by atoms with Gasteiger partial charge in [-0.1, -0.05) is 62.4 Å². The number of amides is 1. The zero-order chi connectivity index (χ0) is 39.5. The van der Waals surface area contributed by atoms with E-state index in [0.29, 0.717) is 49.9 Å². The molecule has 2 heterocycles. The van der Waals surface area contributed by atoms with Crippen LogP contribution in [-0.4, -0.2) is 53.1 Å². The largest absolute Gasteiger partial charge is 0.466 e. The van der Waals surface area contributed by atoms with Crippen LogP contribution in [-0.2, 0) is 35.1 Å². The van der Waals surface area contributed by atoms with Gasteiger partial charge in [0.1, 0.15) is 11.9 Å². The Labute approximate surface area is 324 Å². The summed E-state index contributed by atoms with van der Waals surface area (Å²) in [5, 5.41) is 3.12. The van der Waals surface area contributed by atoms with E-state index in [9.17, 15) is 18.8 Å². The standard InChI is InChI=1S/C45H53FN2O7/c1-30(2)42-41(44(51)47-35-18-12-8-13-19-35)40(32-16-10-7-11-17-32)43(33-21-23-34(46)24-22-33)48(42)26-25-36-28-37(55-45(5,6)54-36)29-39(50)52-27-15-9-14-20-38(49)53-31(3)4/h7-8,10-13,16-19,21-24,30-31,36-37H,3-4,9,14-15,20,25-29H2,1-2,5-6H3,(H,47,51)/t36-,37-/m1/s1. The fourth-order valence-corrected chi connectivity index (χ4v) is 7.23. The van der Waals surface area contributed by atoms with Gasteiger partial charge in [-0.2, -0.15) is 0 Å². The van der Waals surface area contributed by atoms with Crippen molar-refractivity contribution in [3.8, 4) is 22.4 Å². The van der Waals surface area contributed by atoms with E-state index >= 15 is 0 Å². The molecule has 0 spiro atoms. The third kappa shape index (κ3) is 11.6. The quantitative estimate of drug-likeness (QED) is 0.0846. The fourth-order valence-electron chi connectivity index (χ4n) is 7.23. The SMILES string of the molecule is [CH2]C([CH2])OC(=O)CCCCCOC(=O)C[C@H]1C[C@@H](CCn2c(-c3ccc(F)cc3)c(-c3ccccc3)c(C(=O)Nc3ccccc3)c2C(C)C)OC(C)(C)O1. The number of hydrogen-bond acceptors (Lipinski definition) is 7. The molecule has 0 aliphatic carbocycles. The number of aromatic nitrogens is 1. The van der Waals surface area contributed by atoms with Gasteiger partial charge in [-0.25, -0.2) is 4.39 Å². The smallest absolute Gasteiger partial charge is 0.308 e. The number of carbonyl (C=O) groups is 3. The van der Waals surface area contributed by atoms with Gasteiger partial charge >= 0.3 is 11.9 Å². The van der Waals surface area contributed by atoms with Crippen molar-refractivity contribution < 1.29 is 37.7 Å². The molecule has 0 saturated carbocycles. The van der Waals surface area contributed by atoms with Gasteiger partial charge in [0, 0.05) is 36.3 Å². The van der Waals surface area contributed by atoms with E-state index in [4.69, 9.17) is 18.9 Å². The third-order valence-electron chi connectivity index (χ3n) is 9.37. The molecule has 10 heteroatoms. The van der Waals surface area contributed by atoms with Crippen LogP contribution < -0.4 is 5.32 Å². The van der Waals surface area contributed by atoms with Crippen molar-refractivity contribution in [2.24, 2.45) is 0 Å². The fraction of sp³-hybridized carbons (Fsp3) is 0.400. The summed E-state index contributed by atoms with van der Waals surface area (Å²) in [7, 11) is 0. The maximum Gasteiger partial charge on any atom is 0.308 e. The molecule has 0 unspecified atom stereocenters. The summed E-state index contributed by atoms with van der Waals surface area (Å²) in [4.78, 5) is 39.0. The summed E-state index contributed by atoms with van der Waals surface area (Å²) in [5.41, 5.74) is 5.31. The predicted molar refractivity (Wildman–Crippen MR) is 211 cm³/mol. The Kier molecular flexibility index (Phi) is 14.4. The summed E-state index contributed by atoms with van der Waals surface area (Å²) in [6.07, 6.45) is 2.00. The highest BCUT2D eigenvalue weighted by Crippen LogP contribution is 2.43. The van der Waals surface area contributed by atoms with Crippen LogP contribution in [0.1, 0.15) is 94.6 Å². The third-order valence-corrected chi connectivity index (χ3v) is 9.37. The lowest BCUT2D eigenvalue weighted by Crippen LogP contribution is -2.45. The van der Waals surface area contributed by atoms with E-state index in [1.807, 2.05) is 74.5 Å². The van der Waals surface area contributed by atoms with E-state index < -0.39 is 18.0 Å². The first-order valence-corrected chi connectivity index (χ1v) is 19.1. The second-order valence-corrected chi connectivity index (χ2v) is 14.7. The number of rotatable bonds is 17. The normalized spacial score (nSPS) is 16.6. The van der Waals surface area contributed by atoms with Gasteiger partial charge in [-0.05, 0) is 107 Å². The summed E-state index contributed by atoms with van der Waals surface area (Å²) >= 11 is 0. The average Bonchev–Trinajstić information content (AvgIpc) is 3.48. The number of nitrogens with one attached hydrogen (secondary N) is 1. The van der Waals surface area contributed by atoms with Crippen LogP contribution >= 0.6 is 0 Å². The molecule has 1 N–H and O–H groups in total. The van der Waals surface area contributed by atoms with E-state index in [1.54, 1.807) is 12.1 Å². The highest BCUT2D eigenvalue weighted by atomic mass is 19.1. The Bertz CT molecular complexity index is 1870. The summed E-state index contributed by atoms with van der Waals surface area (Å²) < 4.78 is 39.6. The first-order valence-electron chi connectivity index (χ1n) is 19.1. The van der Waals surface area contributed by atoms with Gasteiger partial charge in [0.25, 0.3) is 5.91 Å². The number of halogens is 1. The molecule has 1 aromatic heterocycles. The van der Waals surface area contributed by atoms with Crippen molar-refractivity contribution in [2.75, 3.05) is 11.9 Å². The minimum absolute atomic E-state index is 0.0637. The first kappa shape index (κ1) is 41.4. The number of benzene rings is 3. The molecule has 2 atom stereocenters. The van der Waals surface area contributed by atoms with Gasteiger partial charge in [-0.3, -0.25) is 14.4 Å². The topological polar surface area (TPSA) is 105 Å². The Hall–Kier alpha value is -4.80. The molecule has 0 bridgehead atoms. The highest BCUT2D eigenvalue weighted by Gasteiger charge is 2.37. The lowest BCUT2D eigenvalue weighted by atomic mass is 9.94. The van der Waals surface area contributed by atoms with Crippen LogP contribution in [0.25, 0.3) is 22.4 Å². The van der Waals surface area contributed by atoms with Crippen LogP contribution in [0.2, 0.25) is 0 Å². The van der Waals surface area contributed by atoms with Crippen LogP contribution in [0, 0.1) is 19.7 Å². The molecule has 1 saturated heterocycles. The summed E-state index contributed by atoms with van der Waals surface area (Å²) in [5.74, 6) is -2.29. The molecule has 5 rings (SSSR count). The number of ether oxygens (including phenoxy) is 4. The maximum atomic E-state index is 14.4. The van der Waals surface area contributed by atoms with Crippen molar-refractivity contribution in [1.29, 1.82) is 0 Å². The highest BCUT2D eigenvalue weighted by molar-refractivity contribution is 6.12. The number of carbonyl (C=O) groups excluding carboxylic acids is 3. The van der Waals surface area contributed by atoms with Crippen molar-refractivity contribution in [3.05, 3.63) is 116 Å². The summed E-state index contributed by atoms with van der Waals surface area (Å²) in [6, 6.07) is 25.6. The lowest BCUT2D eigenvalue weighted by molar-refractivity contribution is -0.300. The molecule has 292 valence electrons. The second-order valence-electron chi connectivity index (χ2n) is 14.7. The van der Waals surface area contributed by atoms with Crippen molar-refractivity contribution in [2.45, 2.75) is 109 Å². The van der Waals surface area contributed by atoms with Crippen LogP contribution in [0.5, 0.6) is 0 Å². The van der Waals surface area contributed by atoms with Crippen molar-refractivity contribution in [3.63, 3.8) is 0 Å². The molecule has 1 fully saturated rings. The zero-order valence-corrected chi connectivity index (χ0v) is 32.4. The van der Waals surface area contributed by atoms with Crippen LogP contribution in [0.3, 0.4) is 0 Å². The Morgan fingerprint density at radius 1 is 0.873 bits per heavy atom. The Morgan fingerprint density at radius 2 is 1.53 bits per heavy atom.